The van der Waals surface area contributed by atoms with Crippen LogP contribution >= 0.6 is 0 Å². The fourth-order valence-corrected chi connectivity index (χ4v) is 3.00. The summed E-state index contributed by atoms with van der Waals surface area (Å²) in [4.78, 5) is 0. The van der Waals surface area contributed by atoms with E-state index in [4.69, 9.17) is 0 Å². The number of nitrogens with one attached hydrogen (secondary N) is 1. The standard InChI is InChI=1S/C22H37NO/c1-4-6-8-9-10-11-16-23-17-15-20(12-7-5-2)22-18-21(24)14-13-19(22)3/h12-14,18,23-24H,4-11,15-17H2,1-3H3/b20-12-. The lowest BCUT2D eigenvalue weighted by Crippen LogP contribution is -2.17. The second-order valence-electron chi connectivity index (χ2n) is 6.79. The number of aryl methyl sites for hydroxylation is 1. The number of hydrogen-bond donors (Lipinski definition) is 2. The number of aromatic hydroxyl groups is 1. The number of phenolic OH excluding ortho intramolecular Hbond substituents is 1. The fourth-order valence-electron chi connectivity index (χ4n) is 3.00. The molecule has 0 spiro atoms. The van der Waals surface area contributed by atoms with E-state index in [2.05, 4.69) is 32.2 Å². The van der Waals surface area contributed by atoms with Crippen LogP contribution in [0.3, 0.4) is 0 Å². The van der Waals surface area contributed by atoms with E-state index in [0.29, 0.717) is 5.75 Å². The summed E-state index contributed by atoms with van der Waals surface area (Å²) >= 11 is 0. The second kappa shape index (κ2) is 13.1. The zero-order valence-electron chi connectivity index (χ0n) is 16.0. The van der Waals surface area contributed by atoms with Crippen LogP contribution in [0.5, 0.6) is 5.75 Å². The Balaban J connectivity index is 2.38. The molecule has 1 aromatic carbocycles. The third-order valence-electron chi connectivity index (χ3n) is 4.52. The monoisotopic (exact) mass is 331 g/mol. The highest BCUT2D eigenvalue weighted by molar-refractivity contribution is 5.69. The Morgan fingerprint density at radius 2 is 1.75 bits per heavy atom. The van der Waals surface area contributed by atoms with E-state index in [1.807, 2.05) is 12.1 Å². The Bertz CT molecular complexity index is 479. The van der Waals surface area contributed by atoms with Gasteiger partial charge in [-0.2, -0.15) is 0 Å². The minimum Gasteiger partial charge on any atom is -0.508 e. The molecule has 2 nitrogen and oxygen atoms in total. The van der Waals surface area contributed by atoms with Gasteiger partial charge in [0.15, 0.2) is 0 Å². The van der Waals surface area contributed by atoms with Crippen LogP contribution in [0.25, 0.3) is 5.57 Å². The molecule has 0 aliphatic heterocycles. The van der Waals surface area contributed by atoms with Crippen LogP contribution in [0.1, 0.15) is 82.8 Å². The second-order valence-corrected chi connectivity index (χ2v) is 6.79. The molecule has 1 aromatic rings. The van der Waals surface area contributed by atoms with E-state index >= 15 is 0 Å². The summed E-state index contributed by atoms with van der Waals surface area (Å²) in [5, 5.41) is 13.4. The number of benzene rings is 1. The van der Waals surface area contributed by atoms with Crippen LogP contribution in [0, 0.1) is 6.92 Å². The molecule has 0 bridgehead atoms. The van der Waals surface area contributed by atoms with Gasteiger partial charge < -0.3 is 10.4 Å². The molecule has 0 fully saturated rings. The SMILES string of the molecule is CCC/C=C(/CCNCCCCCCCC)c1cc(O)ccc1C. The number of phenols is 1. The molecule has 0 aromatic heterocycles. The maximum atomic E-state index is 9.80. The van der Waals surface area contributed by atoms with Crippen LogP contribution in [0.15, 0.2) is 24.3 Å². The molecule has 0 saturated heterocycles. The zero-order valence-corrected chi connectivity index (χ0v) is 16.0. The normalized spacial score (nSPS) is 11.9. The number of unbranched alkanes of at least 4 members (excludes halogenated alkanes) is 6. The largest absolute Gasteiger partial charge is 0.508 e. The van der Waals surface area contributed by atoms with Crippen LogP contribution < -0.4 is 5.32 Å². The Kier molecular flexibility index (Phi) is 11.3. The molecule has 0 saturated carbocycles. The van der Waals surface area contributed by atoms with E-state index in [1.165, 1.54) is 55.2 Å². The fraction of sp³-hybridized carbons (Fsp3) is 0.636. The summed E-state index contributed by atoms with van der Waals surface area (Å²) < 4.78 is 0. The van der Waals surface area contributed by atoms with Crippen molar-refractivity contribution >= 4 is 5.57 Å². The van der Waals surface area contributed by atoms with E-state index in [9.17, 15) is 5.11 Å². The molecule has 0 aliphatic rings. The van der Waals surface area contributed by atoms with E-state index in [1.54, 1.807) is 6.07 Å². The van der Waals surface area contributed by atoms with Crippen molar-refractivity contribution in [3.8, 4) is 5.75 Å². The molecule has 136 valence electrons. The molecule has 0 radical (unpaired) electrons. The Morgan fingerprint density at radius 1 is 1.00 bits per heavy atom. The number of hydrogen-bond acceptors (Lipinski definition) is 2. The van der Waals surface area contributed by atoms with Crippen molar-refractivity contribution in [3.05, 3.63) is 35.4 Å². The summed E-state index contributed by atoms with van der Waals surface area (Å²) in [5.41, 5.74) is 3.80. The summed E-state index contributed by atoms with van der Waals surface area (Å²) in [6.45, 7) is 8.73. The van der Waals surface area contributed by atoms with Crippen LogP contribution in [0.2, 0.25) is 0 Å². The maximum Gasteiger partial charge on any atom is 0.116 e. The highest BCUT2D eigenvalue weighted by Crippen LogP contribution is 2.26. The van der Waals surface area contributed by atoms with Crippen molar-refractivity contribution in [2.24, 2.45) is 0 Å². The number of allylic oxidation sites excluding steroid dienone is 1. The van der Waals surface area contributed by atoms with Crippen molar-refractivity contribution in [3.63, 3.8) is 0 Å². The van der Waals surface area contributed by atoms with Gasteiger partial charge in [0, 0.05) is 0 Å². The lowest BCUT2D eigenvalue weighted by Gasteiger charge is -2.13. The first-order valence-corrected chi connectivity index (χ1v) is 9.88. The van der Waals surface area contributed by atoms with Crippen molar-refractivity contribution in [1.29, 1.82) is 0 Å². The first-order chi connectivity index (χ1) is 11.7. The first kappa shape index (κ1) is 20.8. The Morgan fingerprint density at radius 3 is 2.50 bits per heavy atom. The van der Waals surface area contributed by atoms with Gasteiger partial charge in [-0.25, -0.2) is 0 Å². The molecule has 0 atom stereocenters. The Hall–Kier alpha value is -1.28. The van der Waals surface area contributed by atoms with Gasteiger partial charge in [0.25, 0.3) is 0 Å². The van der Waals surface area contributed by atoms with Crippen molar-refractivity contribution in [2.75, 3.05) is 13.1 Å². The summed E-state index contributed by atoms with van der Waals surface area (Å²) in [6, 6.07) is 5.69. The van der Waals surface area contributed by atoms with Crippen molar-refractivity contribution in [2.45, 2.75) is 78.6 Å². The predicted molar refractivity (Wildman–Crippen MR) is 107 cm³/mol. The smallest absolute Gasteiger partial charge is 0.116 e. The molecule has 1 rings (SSSR count). The molecule has 24 heavy (non-hydrogen) atoms. The topological polar surface area (TPSA) is 32.3 Å². The quantitative estimate of drug-likeness (QED) is 0.420. The number of rotatable bonds is 13. The van der Waals surface area contributed by atoms with Gasteiger partial charge in [0.1, 0.15) is 5.75 Å². The van der Waals surface area contributed by atoms with E-state index in [0.717, 1.165) is 32.4 Å². The van der Waals surface area contributed by atoms with E-state index < -0.39 is 0 Å². The van der Waals surface area contributed by atoms with Gasteiger partial charge in [0.05, 0.1) is 0 Å². The van der Waals surface area contributed by atoms with Crippen LogP contribution in [-0.4, -0.2) is 18.2 Å². The molecule has 0 aliphatic carbocycles. The lowest BCUT2D eigenvalue weighted by atomic mass is 9.96. The van der Waals surface area contributed by atoms with Gasteiger partial charge in [0.2, 0.25) is 0 Å². The van der Waals surface area contributed by atoms with Gasteiger partial charge >= 0.3 is 0 Å². The molecule has 2 N–H and O–H groups in total. The van der Waals surface area contributed by atoms with Crippen molar-refractivity contribution in [1.82, 2.24) is 5.32 Å². The van der Waals surface area contributed by atoms with Gasteiger partial charge in [-0.15, -0.1) is 0 Å². The van der Waals surface area contributed by atoms with Gasteiger partial charge in [-0.1, -0.05) is 64.5 Å². The summed E-state index contributed by atoms with van der Waals surface area (Å²) in [7, 11) is 0. The predicted octanol–water partition coefficient (Wildman–Crippen LogP) is 6.22. The molecule has 0 heterocycles. The molecular formula is C22H37NO. The average Bonchev–Trinajstić information content (AvgIpc) is 2.58. The van der Waals surface area contributed by atoms with Crippen LogP contribution in [-0.2, 0) is 0 Å². The zero-order chi connectivity index (χ0) is 17.6. The minimum atomic E-state index is 0.359. The van der Waals surface area contributed by atoms with Crippen molar-refractivity contribution < 1.29 is 5.11 Å². The maximum absolute atomic E-state index is 9.80. The lowest BCUT2D eigenvalue weighted by molar-refractivity contribution is 0.475. The molecule has 0 amide bonds. The van der Waals surface area contributed by atoms with Gasteiger partial charge in [-0.3, -0.25) is 0 Å². The van der Waals surface area contributed by atoms with E-state index in [-0.39, 0.29) is 0 Å². The third-order valence-corrected chi connectivity index (χ3v) is 4.52. The molecule has 0 unspecified atom stereocenters. The average molecular weight is 332 g/mol. The highest BCUT2D eigenvalue weighted by atomic mass is 16.3. The third kappa shape index (κ3) is 8.54. The Labute approximate surface area is 149 Å². The first-order valence-electron chi connectivity index (χ1n) is 9.88. The van der Waals surface area contributed by atoms with Crippen LogP contribution in [0.4, 0.5) is 0 Å². The summed E-state index contributed by atoms with van der Waals surface area (Å²) in [5.74, 6) is 0.359. The minimum absolute atomic E-state index is 0.359. The molecule has 2 heteroatoms. The highest BCUT2D eigenvalue weighted by Gasteiger charge is 2.06. The molecular weight excluding hydrogens is 294 g/mol. The van der Waals surface area contributed by atoms with Gasteiger partial charge in [-0.05, 0) is 68.1 Å². The summed E-state index contributed by atoms with van der Waals surface area (Å²) in [6.07, 6.45) is 13.7.